The second-order valence-electron chi connectivity index (χ2n) is 2.75. The van der Waals surface area contributed by atoms with E-state index >= 15 is 0 Å². The number of halogens is 4. The Hall–Kier alpha value is -1.31. The minimum atomic E-state index is -4.81. The quantitative estimate of drug-likeness (QED) is 0.636. The molecule has 1 aromatic rings. The molecule has 0 spiro atoms. The maximum atomic E-state index is 11.9. The number of pyridine rings is 1. The van der Waals surface area contributed by atoms with Gasteiger partial charge in [0.1, 0.15) is 10.3 Å². The molecule has 0 aliphatic carbocycles. The lowest BCUT2D eigenvalue weighted by Gasteiger charge is -2.10. The third-order valence-corrected chi connectivity index (χ3v) is 2.09. The molecule has 0 radical (unpaired) electrons. The van der Waals surface area contributed by atoms with Gasteiger partial charge in [-0.15, -0.1) is 13.2 Å². The van der Waals surface area contributed by atoms with Crippen molar-refractivity contribution in [1.82, 2.24) is 4.98 Å². The van der Waals surface area contributed by atoms with Crippen LogP contribution in [-0.4, -0.2) is 23.9 Å². The van der Waals surface area contributed by atoms with Gasteiger partial charge in [-0.25, -0.2) is 9.78 Å². The minimum Gasteiger partial charge on any atom is -0.461 e. The summed E-state index contributed by atoms with van der Waals surface area (Å²) in [5, 5.41) is 0. The van der Waals surface area contributed by atoms with Gasteiger partial charge in [-0.1, -0.05) is 0 Å². The van der Waals surface area contributed by atoms with Crippen LogP contribution in [-0.2, 0) is 4.74 Å². The SMILES string of the molecule is CCOC(=O)c1ccc(OC(F)(F)F)c(Br)n1. The Balaban J connectivity index is 2.90. The average Bonchev–Trinajstić information content (AvgIpc) is 2.19. The summed E-state index contributed by atoms with van der Waals surface area (Å²) in [6.45, 7) is 1.76. The predicted octanol–water partition coefficient (Wildman–Crippen LogP) is 2.92. The number of hydrogen-bond donors (Lipinski definition) is 0. The maximum absolute atomic E-state index is 11.9. The number of alkyl halides is 3. The van der Waals surface area contributed by atoms with Gasteiger partial charge in [0.2, 0.25) is 0 Å². The third-order valence-electron chi connectivity index (χ3n) is 1.52. The molecule has 1 rings (SSSR count). The standard InChI is InChI=1S/C9H7BrF3NO3/c1-2-16-8(15)5-3-4-6(7(10)14-5)17-9(11,12)13/h3-4H,2H2,1H3. The Labute approximate surface area is 103 Å². The molecule has 0 amide bonds. The Morgan fingerprint density at radius 3 is 2.59 bits per heavy atom. The second kappa shape index (κ2) is 5.35. The van der Waals surface area contributed by atoms with Crippen molar-refractivity contribution in [3.8, 4) is 5.75 Å². The number of carbonyl (C=O) groups is 1. The van der Waals surface area contributed by atoms with E-state index in [2.05, 4.69) is 30.4 Å². The maximum Gasteiger partial charge on any atom is 0.573 e. The molecule has 0 saturated carbocycles. The predicted molar refractivity (Wildman–Crippen MR) is 54.6 cm³/mol. The van der Waals surface area contributed by atoms with E-state index in [1.807, 2.05) is 0 Å². The highest BCUT2D eigenvalue weighted by Gasteiger charge is 2.32. The smallest absolute Gasteiger partial charge is 0.461 e. The first-order chi connectivity index (χ1) is 7.83. The van der Waals surface area contributed by atoms with Gasteiger partial charge in [0.15, 0.2) is 5.75 Å². The Morgan fingerprint density at radius 1 is 1.47 bits per heavy atom. The fourth-order valence-electron chi connectivity index (χ4n) is 0.941. The fraction of sp³-hybridized carbons (Fsp3) is 0.333. The number of aromatic nitrogens is 1. The van der Waals surface area contributed by atoms with Crippen LogP contribution < -0.4 is 4.74 Å². The molecule has 0 aliphatic heterocycles. The average molecular weight is 314 g/mol. The van der Waals surface area contributed by atoms with Gasteiger partial charge in [0.25, 0.3) is 0 Å². The zero-order valence-electron chi connectivity index (χ0n) is 8.55. The molecule has 17 heavy (non-hydrogen) atoms. The molecule has 1 aromatic heterocycles. The van der Waals surface area contributed by atoms with Gasteiger partial charge in [0.05, 0.1) is 6.61 Å². The summed E-state index contributed by atoms with van der Waals surface area (Å²) in [5.74, 6) is -1.24. The minimum absolute atomic E-state index is 0.103. The monoisotopic (exact) mass is 313 g/mol. The van der Waals surface area contributed by atoms with E-state index in [1.165, 1.54) is 0 Å². The summed E-state index contributed by atoms with van der Waals surface area (Å²) in [7, 11) is 0. The second-order valence-corrected chi connectivity index (χ2v) is 3.50. The zero-order chi connectivity index (χ0) is 13.1. The van der Waals surface area contributed by atoms with Gasteiger partial charge in [0, 0.05) is 0 Å². The number of hydrogen-bond acceptors (Lipinski definition) is 4. The van der Waals surface area contributed by atoms with Crippen LogP contribution in [0.2, 0.25) is 0 Å². The van der Waals surface area contributed by atoms with E-state index in [0.29, 0.717) is 0 Å². The van der Waals surface area contributed by atoms with Crippen molar-refractivity contribution in [2.45, 2.75) is 13.3 Å². The van der Waals surface area contributed by atoms with Crippen molar-refractivity contribution in [1.29, 1.82) is 0 Å². The topological polar surface area (TPSA) is 48.4 Å². The Kier molecular flexibility index (Phi) is 4.33. The largest absolute Gasteiger partial charge is 0.573 e. The zero-order valence-corrected chi connectivity index (χ0v) is 10.1. The molecular formula is C9H7BrF3NO3. The van der Waals surface area contributed by atoms with Gasteiger partial charge < -0.3 is 9.47 Å². The fourth-order valence-corrected chi connectivity index (χ4v) is 1.35. The first-order valence-electron chi connectivity index (χ1n) is 4.43. The lowest BCUT2D eigenvalue weighted by atomic mass is 10.3. The number of carbonyl (C=O) groups excluding carboxylic acids is 1. The van der Waals surface area contributed by atoms with Crippen molar-refractivity contribution < 1.29 is 27.4 Å². The molecule has 0 fully saturated rings. The number of nitrogens with zero attached hydrogens (tertiary/aromatic N) is 1. The molecule has 0 aromatic carbocycles. The van der Waals surface area contributed by atoms with Crippen molar-refractivity contribution in [2.75, 3.05) is 6.61 Å². The van der Waals surface area contributed by atoms with E-state index in [0.717, 1.165) is 12.1 Å². The molecule has 0 saturated heterocycles. The lowest BCUT2D eigenvalue weighted by molar-refractivity contribution is -0.275. The van der Waals surface area contributed by atoms with Crippen LogP contribution in [0.25, 0.3) is 0 Å². The van der Waals surface area contributed by atoms with Crippen molar-refractivity contribution in [3.63, 3.8) is 0 Å². The lowest BCUT2D eigenvalue weighted by Crippen LogP contribution is -2.18. The van der Waals surface area contributed by atoms with Gasteiger partial charge in [-0.05, 0) is 35.0 Å². The summed E-state index contributed by atoms with van der Waals surface area (Å²) < 4.78 is 43.9. The van der Waals surface area contributed by atoms with Gasteiger partial charge >= 0.3 is 12.3 Å². The molecular weight excluding hydrogens is 307 g/mol. The van der Waals surface area contributed by atoms with Crippen molar-refractivity contribution in [2.24, 2.45) is 0 Å². The molecule has 0 atom stereocenters. The summed E-state index contributed by atoms with van der Waals surface area (Å²) in [6, 6.07) is 2.07. The van der Waals surface area contributed by atoms with Crippen molar-refractivity contribution >= 4 is 21.9 Å². The summed E-state index contributed by atoms with van der Waals surface area (Å²) in [6.07, 6.45) is -4.81. The van der Waals surface area contributed by atoms with Crippen LogP contribution in [0, 0.1) is 0 Å². The molecule has 94 valence electrons. The normalized spacial score (nSPS) is 11.1. The molecule has 4 nitrogen and oxygen atoms in total. The Morgan fingerprint density at radius 2 is 2.12 bits per heavy atom. The van der Waals surface area contributed by atoms with Crippen LogP contribution in [0.1, 0.15) is 17.4 Å². The van der Waals surface area contributed by atoms with E-state index in [4.69, 9.17) is 0 Å². The number of ether oxygens (including phenoxy) is 2. The third kappa shape index (κ3) is 4.22. The first-order valence-corrected chi connectivity index (χ1v) is 5.22. The number of rotatable bonds is 3. The summed E-state index contributed by atoms with van der Waals surface area (Å²) in [4.78, 5) is 14.8. The summed E-state index contributed by atoms with van der Waals surface area (Å²) in [5.41, 5.74) is -0.103. The van der Waals surface area contributed by atoms with Crippen LogP contribution in [0.5, 0.6) is 5.75 Å². The van der Waals surface area contributed by atoms with Crippen LogP contribution in [0.4, 0.5) is 13.2 Å². The molecule has 0 aliphatic rings. The van der Waals surface area contributed by atoms with Gasteiger partial charge in [-0.3, -0.25) is 0 Å². The van der Waals surface area contributed by atoms with Crippen LogP contribution >= 0.6 is 15.9 Å². The highest BCUT2D eigenvalue weighted by Crippen LogP contribution is 2.29. The van der Waals surface area contributed by atoms with Gasteiger partial charge in [-0.2, -0.15) is 0 Å². The van der Waals surface area contributed by atoms with E-state index in [9.17, 15) is 18.0 Å². The number of esters is 1. The van der Waals surface area contributed by atoms with E-state index in [1.54, 1.807) is 6.92 Å². The van der Waals surface area contributed by atoms with Crippen molar-refractivity contribution in [3.05, 3.63) is 22.4 Å². The first kappa shape index (κ1) is 13.8. The molecule has 0 bridgehead atoms. The summed E-state index contributed by atoms with van der Waals surface area (Å²) >= 11 is 2.78. The molecule has 1 heterocycles. The van der Waals surface area contributed by atoms with E-state index in [-0.39, 0.29) is 16.9 Å². The Bertz CT molecular complexity index is 422. The highest BCUT2D eigenvalue weighted by molar-refractivity contribution is 9.10. The molecule has 0 N–H and O–H groups in total. The highest BCUT2D eigenvalue weighted by atomic mass is 79.9. The molecule has 0 unspecified atom stereocenters. The van der Waals surface area contributed by atoms with Crippen LogP contribution in [0.3, 0.4) is 0 Å². The van der Waals surface area contributed by atoms with E-state index < -0.39 is 18.1 Å². The van der Waals surface area contributed by atoms with Crippen LogP contribution in [0.15, 0.2) is 16.7 Å². The molecule has 8 heteroatoms.